The van der Waals surface area contributed by atoms with E-state index < -0.39 is 0 Å². The maximum Gasteiger partial charge on any atom is 0.144 e. The zero-order chi connectivity index (χ0) is 10.5. The van der Waals surface area contributed by atoms with Gasteiger partial charge in [0.1, 0.15) is 17.1 Å². The third kappa shape index (κ3) is 1.15. The first kappa shape index (κ1) is 8.73. The van der Waals surface area contributed by atoms with Gasteiger partial charge in [0.05, 0.1) is 18.8 Å². The number of nitrogens with two attached hydrogens (primary N) is 1. The fourth-order valence-corrected chi connectivity index (χ4v) is 1.90. The Labute approximate surface area is 87.7 Å². The molecule has 0 radical (unpaired) electrons. The van der Waals surface area contributed by atoms with Gasteiger partial charge in [0, 0.05) is 6.20 Å². The molecule has 3 rings (SSSR count). The normalized spacial score (nSPS) is 18.0. The maximum absolute atomic E-state index is 6.15. The molecule has 0 saturated heterocycles. The van der Waals surface area contributed by atoms with Gasteiger partial charge in [0.25, 0.3) is 0 Å². The van der Waals surface area contributed by atoms with Crippen molar-refractivity contribution < 1.29 is 4.74 Å². The van der Waals surface area contributed by atoms with Gasteiger partial charge in [-0.3, -0.25) is 4.40 Å². The van der Waals surface area contributed by atoms with Crippen molar-refractivity contribution in [1.82, 2.24) is 9.38 Å². The number of hydrogen-bond donors (Lipinski definition) is 1. The molecular formula is C11H13N3O. The number of rotatable bonds is 2. The van der Waals surface area contributed by atoms with E-state index in [0.717, 1.165) is 29.9 Å². The van der Waals surface area contributed by atoms with Crippen molar-refractivity contribution in [3.05, 3.63) is 30.4 Å². The third-order valence-corrected chi connectivity index (χ3v) is 2.99. The minimum atomic E-state index is -0.210. The lowest BCUT2D eigenvalue weighted by atomic mass is 10.3. The highest BCUT2D eigenvalue weighted by Crippen LogP contribution is 2.42. The van der Waals surface area contributed by atoms with Crippen LogP contribution in [-0.2, 0) is 5.54 Å². The van der Waals surface area contributed by atoms with Gasteiger partial charge in [-0.1, -0.05) is 0 Å². The molecule has 0 aromatic carbocycles. The molecule has 2 N–H and O–H groups in total. The summed E-state index contributed by atoms with van der Waals surface area (Å²) in [5, 5.41) is 0. The van der Waals surface area contributed by atoms with Crippen LogP contribution in [0.3, 0.4) is 0 Å². The topological polar surface area (TPSA) is 52.5 Å². The van der Waals surface area contributed by atoms with Gasteiger partial charge in [0.15, 0.2) is 0 Å². The van der Waals surface area contributed by atoms with Crippen molar-refractivity contribution in [2.24, 2.45) is 5.73 Å². The minimum Gasteiger partial charge on any atom is -0.494 e. The van der Waals surface area contributed by atoms with Crippen LogP contribution in [0.5, 0.6) is 5.75 Å². The largest absolute Gasteiger partial charge is 0.494 e. The highest BCUT2D eigenvalue weighted by atomic mass is 16.5. The summed E-state index contributed by atoms with van der Waals surface area (Å²) in [6.07, 6.45) is 5.83. The fraction of sp³-hybridized carbons (Fsp3) is 0.364. The van der Waals surface area contributed by atoms with Crippen LogP contribution in [0.1, 0.15) is 18.7 Å². The Hall–Kier alpha value is -1.55. The summed E-state index contributed by atoms with van der Waals surface area (Å²) in [7, 11) is 1.66. The zero-order valence-electron chi connectivity index (χ0n) is 8.60. The van der Waals surface area contributed by atoms with Gasteiger partial charge in [-0.2, -0.15) is 0 Å². The molecule has 1 fully saturated rings. The lowest BCUT2D eigenvalue weighted by molar-refractivity contribution is 0.417. The van der Waals surface area contributed by atoms with Gasteiger partial charge in [-0.05, 0) is 25.0 Å². The number of pyridine rings is 1. The summed E-state index contributed by atoms with van der Waals surface area (Å²) >= 11 is 0. The number of imidazole rings is 1. The summed E-state index contributed by atoms with van der Waals surface area (Å²) < 4.78 is 7.29. The average Bonchev–Trinajstić information content (AvgIpc) is 2.84. The number of aromatic nitrogens is 2. The third-order valence-electron chi connectivity index (χ3n) is 2.99. The van der Waals surface area contributed by atoms with Crippen molar-refractivity contribution in [3.8, 4) is 5.75 Å². The van der Waals surface area contributed by atoms with Crippen LogP contribution in [0, 0.1) is 0 Å². The van der Waals surface area contributed by atoms with Crippen molar-refractivity contribution in [2.75, 3.05) is 7.11 Å². The van der Waals surface area contributed by atoms with Gasteiger partial charge >= 0.3 is 0 Å². The molecular weight excluding hydrogens is 190 g/mol. The molecule has 0 amide bonds. The van der Waals surface area contributed by atoms with E-state index in [1.54, 1.807) is 7.11 Å². The second kappa shape index (κ2) is 2.73. The molecule has 1 saturated carbocycles. The van der Waals surface area contributed by atoms with E-state index in [0.29, 0.717) is 0 Å². The number of ether oxygens (including phenoxy) is 1. The highest BCUT2D eigenvalue weighted by molar-refractivity contribution is 5.59. The van der Waals surface area contributed by atoms with E-state index in [9.17, 15) is 0 Å². The van der Waals surface area contributed by atoms with Crippen LogP contribution in [0.2, 0.25) is 0 Å². The van der Waals surface area contributed by atoms with Gasteiger partial charge in [-0.15, -0.1) is 0 Å². The molecule has 15 heavy (non-hydrogen) atoms. The quantitative estimate of drug-likeness (QED) is 0.800. The smallest absolute Gasteiger partial charge is 0.144 e. The average molecular weight is 203 g/mol. The van der Waals surface area contributed by atoms with E-state index in [4.69, 9.17) is 10.5 Å². The molecule has 0 aliphatic heterocycles. The molecule has 4 nitrogen and oxygen atoms in total. The number of hydrogen-bond acceptors (Lipinski definition) is 3. The fourth-order valence-electron chi connectivity index (χ4n) is 1.90. The van der Waals surface area contributed by atoms with Crippen LogP contribution in [0.4, 0.5) is 0 Å². The predicted octanol–water partition coefficient (Wildman–Crippen LogP) is 1.29. The second-order valence-electron chi connectivity index (χ2n) is 4.07. The van der Waals surface area contributed by atoms with Crippen LogP contribution in [0.15, 0.2) is 24.5 Å². The number of methoxy groups -OCH3 is 1. The van der Waals surface area contributed by atoms with E-state index in [2.05, 4.69) is 4.98 Å². The molecule has 2 aromatic rings. The molecule has 0 bridgehead atoms. The van der Waals surface area contributed by atoms with E-state index in [1.165, 1.54) is 0 Å². The number of fused-ring (bicyclic) bond motifs is 1. The number of nitrogens with zero attached hydrogens (tertiary/aromatic N) is 2. The second-order valence-corrected chi connectivity index (χ2v) is 4.07. The van der Waals surface area contributed by atoms with Crippen LogP contribution >= 0.6 is 0 Å². The SMILES string of the molecule is COc1cccn2c(C3(N)CC3)ncc12. The standard InChI is InChI=1S/C11H13N3O/c1-15-9-3-2-6-14-8(9)7-13-10(14)11(12)4-5-11/h2-3,6-7H,4-5,12H2,1H3. The molecule has 4 heteroatoms. The zero-order valence-corrected chi connectivity index (χ0v) is 8.60. The molecule has 2 aromatic heterocycles. The molecule has 1 aliphatic carbocycles. The Kier molecular flexibility index (Phi) is 1.59. The van der Waals surface area contributed by atoms with Crippen molar-refractivity contribution in [3.63, 3.8) is 0 Å². The Morgan fingerprint density at radius 2 is 2.33 bits per heavy atom. The summed E-state index contributed by atoms with van der Waals surface area (Å²) in [4.78, 5) is 4.40. The van der Waals surface area contributed by atoms with Crippen molar-refractivity contribution in [1.29, 1.82) is 0 Å². The monoisotopic (exact) mass is 203 g/mol. The summed E-state index contributed by atoms with van der Waals surface area (Å²) in [5.41, 5.74) is 6.91. The van der Waals surface area contributed by atoms with Crippen LogP contribution in [-0.4, -0.2) is 16.5 Å². The van der Waals surface area contributed by atoms with Gasteiger partial charge < -0.3 is 10.5 Å². The Balaban J connectivity index is 2.26. The van der Waals surface area contributed by atoms with E-state index in [-0.39, 0.29) is 5.54 Å². The van der Waals surface area contributed by atoms with E-state index >= 15 is 0 Å². The minimum absolute atomic E-state index is 0.210. The first-order valence-electron chi connectivity index (χ1n) is 5.04. The molecule has 0 spiro atoms. The van der Waals surface area contributed by atoms with Crippen LogP contribution < -0.4 is 10.5 Å². The summed E-state index contributed by atoms with van der Waals surface area (Å²) in [6.45, 7) is 0. The summed E-state index contributed by atoms with van der Waals surface area (Å²) in [5.74, 6) is 1.77. The lowest BCUT2D eigenvalue weighted by Gasteiger charge is -2.08. The lowest BCUT2D eigenvalue weighted by Crippen LogP contribution is -2.22. The molecule has 78 valence electrons. The van der Waals surface area contributed by atoms with Crippen molar-refractivity contribution in [2.45, 2.75) is 18.4 Å². The van der Waals surface area contributed by atoms with Crippen LogP contribution in [0.25, 0.3) is 5.52 Å². The van der Waals surface area contributed by atoms with Gasteiger partial charge in [0.2, 0.25) is 0 Å². The Morgan fingerprint density at radius 1 is 1.53 bits per heavy atom. The molecule has 1 aliphatic rings. The molecule has 0 unspecified atom stereocenters. The van der Waals surface area contributed by atoms with Gasteiger partial charge in [-0.25, -0.2) is 4.98 Å². The van der Waals surface area contributed by atoms with Crippen molar-refractivity contribution >= 4 is 5.52 Å². The Bertz CT molecular complexity index is 514. The Morgan fingerprint density at radius 3 is 3.00 bits per heavy atom. The highest BCUT2D eigenvalue weighted by Gasteiger charge is 2.43. The first-order chi connectivity index (χ1) is 7.24. The van der Waals surface area contributed by atoms with E-state index in [1.807, 2.05) is 28.9 Å². The molecule has 2 heterocycles. The maximum atomic E-state index is 6.15. The predicted molar refractivity (Wildman–Crippen MR) is 56.8 cm³/mol. The molecule has 0 atom stereocenters. The first-order valence-corrected chi connectivity index (χ1v) is 5.04. The summed E-state index contributed by atoms with van der Waals surface area (Å²) in [6, 6.07) is 3.87.